The predicted octanol–water partition coefficient (Wildman–Crippen LogP) is 4.01. The van der Waals surface area contributed by atoms with Crippen LogP contribution in [0, 0.1) is 13.8 Å². The first-order valence-corrected chi connectivity index (χ1v) is 10.0. The number of para-hydroxylation sites is 2. The number of carbonyl (C=O) groups is 1. The molecule has 2 aromatic heterocycles. The van der Waals surface area contributed by atoms with Gasteiger partial charge in [0.25, 0.3) is 5.56 Å². The van der Waals surface area contributed by atoms with Crippen molar-refractivity contribution in [1.82, 2.24) is 14.3 Å². The lowest BCUT2D eigenvalue weighted by Gasteiger charge is -2.14. The second kappa shape index (κ2) is 7.99. The normalized spacial score (nSPS) is 11.0. The van der Waals surface area contributed by atoms with Gasteiger partial charge in [-0.05, 0) is 49.6 Å². The van der Waals surface area contributed by atoms with Crippen LogP contribution in [0.25, 0.3) is 16.7 Å². The molecule has 0 aliphatic carbocycles. The van der Waals surface area contributed by atoms with Crippen LogP contribution < -0.4 is 10.9 Å². The molecular formula is C24H24N4O2. The van der Waals surface area contributed by atoms with Gasteiger partial charge in [0.15, 0.2) is 0 Å². The van der Waals surface area contributed by atoms with E-state index < -0.39 is 0 Å². The van der Waals surface area contributed by atoms with Gasteiger partial charge < -0.3 is 5.32 Å². The number of fused-ring (bicyclic) bond motifs is 1. The number of nitrogens with one attached hydrogen (secondary N) is 1. The fourth-order valence-corrected chi connectivity index (χ4v) is 3.85. The van der Waals surface area contributed by atoms with E-state index in [0.717, 1.165) is 40.0 Å². The fraction of sp³-hybridized carbons (Fsp3) is 0.208. The lowest BCUT2D eigenvalue weighted by atomic mass is 10.1. The zero-order chi connectivity index (χ0) is 21.3. The van der Waals surface area contributed by atoms with Crippen LogP contribution in [0.2, 0.25) is 0 Å². The minimum absolute atomic E-state index is 0.0916. The number of hydrogen-bond donors (Lipinski definition) is 1. The summed E-state index contributed by atoms with van der Waals surface area (Å²) in [5, 5.41) is 8.51. The summed E-state index contributed by atoms with van der Waals surface area (Å²) >= 11 is 0. The molecule has 0 fully saturated rings. The summed E-state index contributed by atoms with van der Waals surface area (Å²) in [4.78, 5) is 25.8. The Bertz CT molecular complexity index is 1290. The van der Waals surface area contributed by atoms with Crippen LogP contribution >= 0.6 is 0 Å². The van der Waals surface area contributed by atoms with Crippen molar-refractivity contribution >= 4 is 22.6 Å². The summed E-state index contributed by atoms with van der Waals surface area (Å²) < 4.78 is 3.24. The molecule has 0 radical (unpaired) electrons. The molecule has 1 amide bonds. The molecule has 152 valence electrons. The van der Waals surface area contributed by atoms with Crippen molar-refractivity contribution in [3.05, 3.63) is 87.8 Å². The second-order valence-corrected chi connectivity index (χ2v) is 7.34. The average Bonchev–Trinajstić information content (AvgIpc) is 3.09. The summed E-state index contributed by atoms with van der Waals surface area (Å²) in [5.41, 5.74) is 4.73. The van der Waals surface area contributed by atoms with Crippen molar-refractivity contribution in [1.29, 1.82) is 0 Å². The van der Waals surface area contributed by atoms with E-state index in [1.807, 2.05) is 75.4 Å². The highest BCUT2D eigenvalue weighted by Crippen LogP contribution is 2.24. The van der Waals surface area contributed by atoms with Gasteiger partial charge in [0, 0.05) is 17.1 Å². The lowest BCUT2D eigenvalue weighted by Crippen LogP contribution is -2.29. The number of nitrogens with zero attached hydrogens (tertiary/aromatic N) is 3. The average molecular weight is 400 g/mol. The molecule has 0 aliphatic rings. The molecule has 4 aromatic rings. The van der Waals surface area contributed by atoms with Crippen LogP contribution in [0.1, 0.15) is 23.7 Å². The molecule has 6 nitrogen and oxygen atoms in total. The topological polar surface area (TPSA) is 68.9 Å². The maximum absolute atomic E-state index is 12.9. The van der Waals surface area contributed by atoms with Crippen LogP contribution in [-0.2, 0) is 17.8 Å². The molecule has 2 aromatic carbocycles. The minimum Gasteiger partial charge on any atom is -0.324 e. The molecular weight excluding hydrogens is 376 g/mol. The molecule has 0 saturated carbocycles. The number of rotatable bonds is 5. The molecule has 0 bridgehead atoms. The molecule has 2 heterocycles. The summed E-state index contributed by atoms with van der Waals surface area (Å²) in [6, 6.07) is 18.9. The number of aromatic nitrogens is 3. The Kier molecular flexibility index (Phi) is 5.23. The standard InChI is InChI=1S/C24H24N4O2/c1-4-18-10-8-9-13-20(18)25-21(29)15-27-22(30)14-16(2)23-17(3)26-28(24(23)27)19-11-6-5-7-12-19/h5-14H,4,15H2,1-3H3,(H,25,29). The van der Waals surface area contributed by atoms with E-state index in [1.54, 1.807) is 10.7 Å². The Morgan fingerprint density at radius 3 is 2.47 bits per heavy atom. The summed E-state index contributed by atoms with van der Waals surface area (Å²) in [5.74, 6) is -0.249. The number of carbonyl (C=O) groups excluding carboxylic acids is 1. The Balaban J connectivity index is 1.81. The van der Waals surface area contributed by atoms with Gasteiger partial charge in [-0.2, -0.15) is 5.10 Å². The number of aryl methyl sites for hydroxylation is 3. The Morgan fingerprint density at radius 2 is 1.73 bits per heavy atom. The molecule has 0 atom stereocenters. The van der Waals surface area contributed by atoms with E-state index in [0.29, 0.717) is 5.65 Å². The summed E-state index contributed by atoms with van der Waals surface area (Å²) in [7, 11) is 0. The number of anilines is 1. The van der Waals surface area contributed by atoms with Gasteiger partial charge >= 0.3 is 0 Å². The first-order chi connectivity index (χ1) is 14.5. The van der Waals surface area contributed by atoms with E-state index in [1.165, 1.54) is 4.57 Å². The van der Waals surface area contributed by atoms with E-state index in [2.05, 4.69) is 10.4 Å². The third kappa shape index (κ3) is 3.52. The highest BCUT2D eigenvalue weighted by atomic mass is 16.2. The van der Waals surface area contributed by atoms with Crippen molar-refractivity contribution in [2.75, 3.05) is 5.32 Å². The SMILES string of the molecule is CCc1ccccc1NC(=O)Cn1c(=O)cc(C)c2c(C)nn(-c3ccccc3)c21. The van der Waals surface area contributed by atoms with Gasteiger partial charge in [0.1, 0.15) is 12.2 Å². The van der Waals surface area contributed by atoms with Crippen molar-refractivity contribution in [3.8, 4) is 5.69 Å². The Labute approximate surface area is 174 Å². The van der Waals surface area contributed by atoms with Gasteiger partial charge in [-0.3, -0.25) is 14.2 Å². The predicted molar refractivity (Wildman–Crippen MR) is 119 cm³/mol. The molecule has 0 aliphatic heterocycles. The van der Waals surface area contributed by atoms with E-state index in [-0.39, 0.29) is 18.0 Å². The zero-order valence-corrected chi connectivity index (χ0v) is 17.3. The van der Waals surface area contributed by atoms with Gasteiger partial charge in [0.2, 0.25) is 5.91 Å². The van der Waals surface area contributed by atoms with Gasteiger partial charge in [-0.1, -0.05) is 43.3 Å². The number of hydrogen-bond acceptors (Lipinski definition) is 3. The quantitative estimate of drug-likeness (QED) is 0.550. The van der Waals surface area contributed by atoms with Crippen LogP contribution in [0.3, 0.4) is 0 Å². The number of benzene rings is 2. The van der Waals surface area contributed by atoms with E-state index >= 15 is 0 Å². The fourth-order valence-electron chi connectivity index (χ4n) is 3.85. The van der Waals surface area contributed by atoms with Gasteiger partial charge in [-0.15, -0.1) is 0 Å². The van der Waals surface area contributed by atoms with E-state index in [9.17, 15) is 9.59 Å². The second-order valence-electron chi connectivity index (χ2n) is 7.34. The molecule has 0 spiro atoms. The van der Waals surface area contributed by atoms with Crippen LogP contribution in [0.15, 0.2) is 65.5 Å². The van der Waals surface area contributed by atoms with Crippen LogP contribution in [0.4, 0.5) is 5.69 Å². The van der Waals surface area contributed by atoms with E-state index in [4.69, 9.17) is 0 Å². The Morgan fingerprint density at radius 1 is 1.03 bits per heavy atom. The molecule has 30 heavy (non-hydrogen) atoms. The maximum Gasteiger partial charge on any atom is 0.252 e. The van der Waals surface area contributed by atoms with Crippen LogP contribution in [-0.4, -0.2) is 20.3 Å². The van der Waals surface area contributed by atoms with Crippen molar-refractivity contribution < 1.29 is 4.79 Å². The van der Waals surface area contributed by atoms with Crippen molar-refractivity contribution in [3.63, 3.8) is 0 Å². The van der Waals surface area contributed by atoms with Gasteiger partial charge in [0.05, 0.1) is 11.4 Å². The highest BCUT2D eigenvalue weighted by molar-refractivity contribution is 5.93. The zero-order valence-electron chi connectivity index (χ0n) is 17.3. The monoisotopic (exact) mass is 400 g/mol. The third-order valence-corrected chi connectivity index (χ3v) is 5.27. The van der Waals surface area contributed by atoms with Crippen LogP contribution in [0.5, 0.6) is 0 Å². The number of pyridine rings is 1. The molecule has 0 saturated heterocycles. The molecule has 0 unspecified atom stereocenters. The Hall–Kier alpha value is -3.67. The number of amides is 1. The smallest absolute Gasteiger partial charge is 0.252 e. The largest absolute Gasteiger partial charge is 0.324 e. The maximum atomic E-state index is 12.9. The molecule has 1 N–H and O–H groups in total. The lowest BCUT2D eigenvalue weighted by molar-refractivity contribution is -0.116. The van der Waals surface area contributed by atoms with Crippen molar-refractivity contribution in [2.45, 2.75) is 33.7 Å². The molecule has 4 rings (SSSR count). The van der Waals surface area contributed by atoms with Crippen molar-refractivity contribution in [2.24, 2.45) is 0 Å². The summed E-state index contributed by atoms with van der Waals surface area (Å²) in [6.07, 6.45) is 0.811. The first kappa shape index (κ1) is 19.6. The summed E-state index contributed by atoms with van der Waals surface area (Å²) in [6.45, 7) is 5.77. The highest BCUT2D eigenvalue weighted by Gasteiger charge is 2.19. The van der Waals surface area contributed by atoms with Gasteiger partial charge in [-0.25, -0.2) is 4.68 Å². The minimum atomic E-state index is -0.249. The third-order valence-electron chi connectivity index (χ3n) is 5.27. The first-order valence-electron chi connectivity index (χ1n) is 10.0. The molecule has 6 heteroatoms.